The van der Waals surface area contributed by atoms with Crippen LogP contribution in [0.3, 0.4) is 0 Å². The summed E-state index contributed by atoms with van der Waals surface area (Å²) in [6.45, 7) is 27.8. The smallest absolute Gasteiger partial charge is 0.00961 e. The van der Waals surface area contributed by atoms with E-state index in [1.54, 1.807) is 0 Å². The van der Waals surface area contributed by atoms with E-state index in [0.29, 0.717) is 0 Å². The maximum Gasteiger partial charge on any atom is -0.00961 e. The lowest BCUT2D eigenvalue weighted by Crippen LogP contribution is -2.13. The Bertz CT molecular complexity index is 1310. The first-order chi connectivity index (χ1) is 16.4. The first-order valence-corrected chi connectivity index (χ1v) is 13.5. The minimum Gasteiger partial charge on any atom is -0.0578 e. The minimum atomic E-state index is 0.0670. The number of benzene rings is 4. The van der Waals surface area contributed by atoms with Crippen molar-refractivity contribution in [1.29, 1.82) is 0 Å². The topological polar surface area (TPSA) is 0 Å². The molecule has 0 N–H and O–H groups in total. The maximum absolute atomic E-state index is 2.46. The van der Waals surface area contributed by atoms with Crippen LogP contribution >= 0.6 is 0 Å². The van der Waals surface area contributed by atoms with Crippen molar-refractivity contribution < 1.29 is 0 Å². The SMILES string of the molecule is CC(C)(C)c1ccc2c(-c3cc(C(C)(C)C)cc4cc(C(C)(C)C)ccc34)cc(C(C)(C)C)cc2c1. The number of rotatable bonds is 1. The first kappa shape index (κ1) is 26.5. The molecule has 0 aliphatic rings. The highest BCUT2D eigenvalue weighted by molar-refractivity contribution is 6.06. The van der Waals surface area contributed by atoms with Crippen LogP contribution in [0.15, 0.2) is 60.7 Å². The van der Waals surface area contributed by atoms with Gasteiger partial charge >= 0.3 is 0 Å². The van der Waals surface area contributed by atoms with Crippen LogP contribution in [-0.2, 0) is 21.7 Å². The van der Waals surface area contributed by atoms with E-state index in [1.807, 2.05) is 0 Å². The third-order valence-electron chi connectivity index (χ3n) is 7.66. The van der Waals surface area contributed by atoms with Crippen LogP contribution in [0.5, 0.6) is 0 Å². The Morgan fingerprint density at radius 2 is 0.611 bits per heavy atom. The van der Waals surface area contributed by atoms with Gasteiger partial charge in [-0.25, -0.2) is 0 Å². The molecule has 0 saturated carbocycles. The lowest BCUT2D eigenvalue weighted by molar-refractivity contribution is 0.588. The van der Waals surface area contributed by atoms with Gasteiger partial charge in [-0.05, 0) is 88.7 Å². The molecule has 4 rings (SSSR count). The van der Waals surface area contributed by atoms with E-state index in [1.165, 1.54) is 54.9 Å². The van der Waals surface area contributed by atoms with Crippen LogP contribution in [0.25, 0.3) is 32.7 Å². The minimum absolute atomic E-state index is 0.0670. The summed E-state index contributed by atoms with van der Waals surface area (Å²) < 4.78 is 0. The second-order valence-electron chi connectivity index (χ2n) is 14.9. The highest BCUT2D eigenvalue weighted by Gasteiger charge is 2.23. The lowest BCUT2D eigenvalue weighted by Gasteiger charge is -2.26. The van der Waals surface area contributed by atoms with Gasteiger partial charge in [-0.2, -0.15) is 0 Å². The fraction of sp³-hybridized carbons (Fsp3) is 0.444. The van der Waals surface area contributed by atoms with Gasteiger partial charge in [-0.15, -0.1) is 0 Å². The Morgan fingerprint density at radius 3 is 0.889 bits per heavy atom. The Kier molecular flexibility index (Phi) is 6.23. The van der Waals surface area contributed by atoms with Crippen LogP contribution in [-0.4, -0.2) is 0 Å². The summed E-state index contributed by atoms with van der Waals surface area (Å²) in [6.07, 6.45) is 0. The van der Waals surface area contributed by atoms with Gasteiger partial charge in [0, 0.05) is 0 Å². The van der Waals surface area contributed by atoms with Crippen LogP contribution in [0.4, 0.5) is 0 Å². The Hall–Kier alpha value is -2.60. The van der Waals surface area contributed by atoms with Gasteiger partial charge in [0.25, 0.3) is 0 Å². The largest absolute Gasteiger partial charge is 0.0578 e. The van der Waals surface area contributed by atoms with Crippen molar-refractivity contribution in [3.63, 3.8) is 0 Å². The maximum atomic E-state index is 2.46. The van der Waals surface area contributed by atoms with E-state index in [-0.39, 0.29) is 21.7 Å². The molecular weight excluding hydrogens is 432 g/mol. The summed E-state index contributed by atoms with van der Waals surface area (Å²) in [7, 11) is 0. The van der Waals surface area contributed by atoms with E-state index in [4.69, 9.17) is 0 Å². The zero-order valence-electron chi connectivity index (χ0n) is 24.8. The third kappa shape index (κ3) is 5.10. The van der Waals surface area contributed by atoms with Crippen LogP contribution in [0, 0.1) is 0 Å². The Balaban J connectivity index is 2.14. The summed E-state index contributed by atoms with van der Waals surface area (Å²) in [4.78, 5) is 0. The van der Waals surface area contributed by atoms with E-state index in [0.717, 1.165) is 0 Å². The highest BCUT2D eigenvalue weighted by Crippen LogP contribution is 2.42. The van der Waals surface area contributed by atoms with Crippen molar-refractivity contribution in [2.24, 2.45) is 0 Å². The molecule has 36 heavy (non-hydrogen) atoms. The predicted octanol–water partition coefficient (Wildman–Crippen LogP) is 10.8. The molecule has 0 aromatic heterocycles. The number of fused-ring (bicyclic) bond motifs is 2. The molecule has 0 unspecified atom stereocenters. The molecule has 4 aromatic rings. The molecule has 0 aliphatic carbocycles. The van der Waals surface area contributed by atoms with Gasteiger partial charge in [0.1, 0.15) is 0 Å². The average Bonchev–Trinajstić information content (AvgIpc) is 2.74. The molecule has 190 valence electrons. The molecule has 0 fully saturated rings. The van der Waals surface area contributed by atoms with Crippen LogP contribution in [0.2, 0.25) is 0 Å². The predicted molar refractivity (Wildman–Crippen MR) is 162 cm³/mol. The number of hydrogen-bond acceptors (Lipinski definition) is 0. The monoisotopic (exact) mass is 478 g/mol. The standard InChI is InChI=1S/C36H46/c1-33(2,3)25-13-15-29-23(17-25)19-27(35(7,8)9)21-31(29)32-22-28(36(10,11)12)20-24-18-26(34(4,5)6)14-16-30(24)32/h13-22H,1-12H3. The van der Waals surface area contributed by atoms with Gasteiger partial charge in [-0.3, -0.25) is 0 Å². The zero-order chi connectivity index (χ0) is 26.8. The van der Waals surface area contributed by atoms with Crippen molar-refractivity contribution in [2.45, 2.75) is 105 Å². The van der Waals surface area contributed by atoms with Gasteiger partial charge in [-0.1, -0.05) is 132 Å². The van der Waals surface area contributed by atoms with Crippen molar-refractivity contribution in [3.8, 4) is 11.1 Å². The third-order valence-corrected chi connectivity index (χ3v) is 7.66. The van der Waals surface area contributed by atoms with Crippen molar-refractivity contribution in [2.75, 3.05) is 0 Å². The van der Waals surface area contributed by atoms with Crippen molar-refractivity contribution in [1.82, 2.24) is 0 Å². The fourth-order valence-electron chi connectivity index (χ4n) is 4.98. The number of hydrogen-bond donors (Lipinski definition) is 0. The van der Waals surface area contributed by atoms with E-state index in [9.17, 15) is 0 Å². The second-order valence-corrected chi connectivity index (χ2v) is 14.9. The zero-order valence-corrected chi connectivity index (χ0v) is 24.8. The van der Waals surface area contributed by atoms with E-state index in [2.05, 4.69) is 144 Å². The van der Waals surface area contributed by atoms with Crippen molar-refractivity contribution in [3.05, 3.63) is 82.9 Å². The second kappa shape index (κ2) is 8.47. The molecule has 0 heterocycles. The average molecular weight is 479 g/mol. The van der Waals surface area contributed by atoms with Gasteiger partial charge in [0.15, 0.2) is 0 Å². The van der Waals surface area contributed by atoms with Crippen molar-refractivity contribution >= 4 is 21.5 Å². The first-order valence-electron chi connectivity index (χ1n) is 13.5. The molecule has 0 bridgehead atoms. The highest BCUT2D eigenvalue weighted by atomic mass is 14.3. The van der Waals surface area contributed by atoms with E-state index < -0.39 is 0 Å². The summed E-state index contributed by atoms with van der Waals surface area (Å²) >= 11 is 0. The summed E-state index contributed by atoms with van der Waals surface area (Å²) in [5, 5.41) is 5.35. The summed E-state index contributed by atoms with van der Waals surface area (Å²) in [6, 6.07) is 24.0. The molecule has 0 aliphatic heterocycles. The molecule has 0 atom stereocenters. The van der Waals surface area contributed by atoms with E-state index >= 15 is 0 Å². The normalized spacial score (nSPS) is 13.6. The molecule has 0 heteroatoms. The molecule has 0 saturated heterocycles. The Labute approximate surface area is 220 Å². The van der Waals surface area contributed by atoms with Crippen LogP contribution in [0.1, 0.15) is 105 Å². The molecule has 4 aromatic carbocycles. The van der Waals surface area contributed by atoms with Gasteiger partial charge in [0.2, 0.25) is 0 Å². The fourth-order valence-corrected chi connectivity index (χ4v) is 4.98. The van der Waals surface area contributed by atoms with Gasteiger partial charge in [0.05, 0.1) is 0 Å². The summed E-state index contributed by atoms with van der Waals surface area (Å²) in [5.41, 5.74) is 8.60. The lowest BCUT2D eigenvalue weighted by atomic mass is 9.78. The Morgan fingerprint density at radius 1 is 0.333 bits per heavy atom. The quantitative estimate of drug-likeness (QED) is 0.255. The molecular formula is C36H46. The van der Waals surface area contributed by atoms with Crippen LogP contribution < -0.4 is 0 Å². The molecule has 0 nitrogen and oxygen atoms in total. The van der Waals surface area contributed by atoms with Gasteiger partial charge < -0.3 is 0 Å². The summed E-state index contributed by atoms with van der Waals surface area (Å²) in [5.74, 6) is 0. The molecule has 0 radical (unpaired) electrons. The molecule has 0 spiro atoms. The molecule has 0 amide bonds.